The predicted octanol–water partition coefficient (Wildman–Crippen LogP) is 3.73. The molecule has 0 bridgehead atoms. The number of hydrogen-bond acceptors (Lipinski definition) is 5. The Kier molecular flexibility index (Phi) is 9.16. The standard InChI is InChI=1S/C25H32N4O5/c1-27-13-6-9-20(27)17-29(18-21-10-7-16-34-21)24(30)19-28(14-8-15-32-2)25(31)26-22-11-4-5-12-23(22)33-3/h4-7,9-13,16H,8,14-15,17-19H2,1-3H3,(H,26,31). The largest absolute Gasteiger partial charge is 0.495 e. The molecule has 0 spiro atoms. The number of carbonyl (C=O) groups excluding carboxylic acids is 2. The number of methoxy groups -OCH3 is 2. The van der Waals surface area contributed by atoms with Crippen LogP contribution in [-0.4, -0.2) is 60.2 Å². The molecule has 0 aliphatic heterocycles. The maximum absolute atomic E-state index is 13.4. The summed E-state index contributed by atoms with van der Waals surface area (Å²) in [6, 6.07) is 14.3. The molecule has 2 aromatic heterocycles. The lowest BCUT2D eigenvalue weighted by Crippen LogP contribution is -2.44. The number of carbonyl (C=O) groups is 2. The molecule has 1 aromatic carbocycles. The molecule has 9 nitrogen and oxygen atoms in total. The highest BCUT2D eigenvalue weighted by atomic mass is 16.5. The van der Waals surface area contributed by atoms with Crippen molar-refractivity contribution in [1.82, 2.24) is 14.4 Å². The van der Waals surface area contributed by atoms with Gasteiger partial charge < -0.3 is 33.6 Å². The summed E-state index contributed by atoms with van der Waals surface area (Å²) in [4.78, 5) is 29.8. The lowest BCUT2D eigenvalue weighted by atomic mass is 10.3. The summed E-state index contributed by atoms with van der Waals surface area (Å²) in [5.41, 5.74) is 1.51. The van der Waals surface area contributed by atoms with Crippen LogP contribution in [0, 0.1) is 0 Å². The molecule has 3 aromatic rings. The molecule has 0 saturated heterocycles. The number of aromatic nitrogens is 1. The van der Waals surface area contributed by atoms with Crippen LogP contribution in [0.2, 0.25) is 0 Å². The van der Waals surface area contributed by atoms with E-state index < -0.39 is 0 Å². The Bertz CT molecular complexity index is 1050. The molecular formula is C25H32N4O5. The van der Waals surface area contributed by atoms with E-state index in [1.54, 1.807) is 43.6 Å². The third-order valence-electron chi connectivity index (χ3n) is 5.42. The van der Waals surface area contributed by atoms with Crippen LogP contribution in [0.3, 0.4) is 0 Å². The van der Waals surface area contributed by atoms with Gasteiger partial charge in [0.25, 0.3) is 0 Å². The zero-order chi connectivity index (χ0) is 24.3. The number of para-hydroxylation sites is 2. The van der Waals surface area contributed by atoms with E-state index in [2.05, 4.69) is 5.32 Å². The van der Waals surface area contributed by atoms with E-state index in [0.717, 1.165) is 5.69 Å². The van der Waals surface area contributed by atoms with E-state index in [9.17, 15) is 9.59 Å². The highest BCUT2D eigenvalue weighted by Crippen LogP contribution is 2.23. The monoisotopic (exact) mass is 468 g/mol. The van der Waals surface area contributed by atoms with Crippen molar-refractivity contribution in [2.75, 3.05) is 39.2 Å². The molecule has 3 amide bonds. The first-order valence-electron chi connectivity index (χ1n) is 11.1. The van der Waals surface area contributed by atoms with Gasteiger partial charge >= 0.3 is 6.03 Å². The van der Waals surface area contributed by atoms with Gasteiger partial charge in [0.05, 0.1) is 32.1 Å². The Balaban J connectivity index is 1.76. The zero-order valence-corrected chi connectivity index (χ0v) is 19.9. The van der Waals surface area contributed by atoms with Crippen LogP contribution in [-0.2, 0) is 29.7 Å². The SMILES string of the molecule is COCCCN(CC(=O)N(Cc1ccco1)Cc1cccn1C)C(=O)Nc1ccccc1OC. The molecule has 2 heterocycles. The van der Waals surface area contributed by atoms with Crippen LogP contribution >= 0.6 is 0 Å². The second-order valence-corrected chi connectivity index (χ2v) is 7.84. The van der Waals surface area contributed by atoms with Crippen molar-refractivity contribution in [2.45, 2.75) is 19.5 Å². The molecule has 0 fully saturated rings. The van der Waals surface area contributed by atoms with Gasteiger partial charge in [0.2, 0.25) is 5.91 Å². The van der Waals surface area contributed by atoms with Crippen LogP contribution < -0.4 is 10.1 Å². The Morgan fingerprint density at radius 3 is 2.53 bits per heavy atom. The summed E-state index contributed by atoms with van der Waals surface area (Å²) in [6.45, 7) is 1.45. The third-order valence-corrected chi connectivity index (χ3v) is 5.42. The number of rotatable bonds is 12. The van der Waals surface area contributed by atoms with Crippen molar-refractivity contribution in [3.63, 3.8) is 0 Å². The minimum Gasteiger partial charge on any atom is -0.495 e. The molecule has 0 radical (unpaired) electrons. The molecule has 0 aliphatic carbocycles. The van der Waals surface area contributed by atoms with E-state index in [-0.39, 0.29) is 18.5 Å². The smallest absolute Gasteiger partial charge is 0.322 e. The molecule has 0 unspecified atom stereocenters. The van der Waals surface area contributed by atoms with Crippen molar-refractivity contribution in [3.05, 3.63) is 72.4 Å². The maximum Gasteiger partial charge on any atom is 0.322 e. The summed E-state index contributed by atoms with van der Waals surface area (Å²) in [5.74, 6) is 1.03. The van der Waals surface area contributed by atoms with Gasteiger partial charge in [0, 0.05) is 39.2 Å². The molecule has 34 heavy (non-hydrogen) atoms. The molecule has 182 valence electrons. The number of amides is 3. The molecule has 3 rings (SSSR count). The second kappa shape index (κ2) is 12.5. The number of nitrogens with one attached hydrogen (secondary N) is 1. The normalized spacial score (nSPS) is 10.7. The van der Waals surface area contributed by atoms with Crippen molar-refractivity contribution in [3.8, 4) is 5.75 Å². The van der Waals surface area contributed by atoms with Gasteiger partial charge in [-0.1, -0.05) is 12.1 Å². The van der Waals surface area contributed by atoms with E-state index in [4.69, 9.17) is 13.9 Å². The predicted molar refractivity (Wildman–Crippen MR) is 128 cm³/mol. The molecule has 0 atom stereocenters. The Morgan fingerprint density at radius 2 is 1.85 bits per heavy atom. The minimum atomic E-state index is -0.384. The average Bonchev–Trinajstić information content (AvgIpc) is 3.50. The van der Waals surface area contributed by atoms with Crippen LogP contribution in [0.15, 0.2) is 65.4 Å². The van der Waals surface area contributed by atoms with Gasteiger partial charge in [-0.3, -0.25) is 4.79 Å². The molecule has 0 aliphatic rings. The van der Waals surface area contributed by atoms with E-state index in [1.807, 2.05) is 48.1 Å². The number of aryl methyl sites for hydroxylation is 1. The number of ether oxygens (including phenoxy) is 2. The van der Waals surface area contributed by atoms with Gasteiger partial charge in [-0.25, -0.2) is 4.79 Å². The quantitative estimate of drug-likeness (QED) is 0.409. The fraction of sp³-hybridized carbons (Fsp3) is 0.360. The van der Waals surface area contributed by atoms with Gasteiger partial charge in [-0.15, -0.1) is 0 Å². The van der Waals surface area contributed by atoms with Gasteiger partial charge in [-0.2, -0.15) is 0 Å². The molecule has 0 saturated carbocycles. The number of furan rings is 1. The maximum atomic E-state index is 13.4. The number of anilines is 1. The van der Waals surface area contributed by atoms with Gasteiger partial charge in [0.15, 0.2) is 0 Å². The summed E-state index contributed by atoms with van der Waals surface area (Å²) in [6.07, 6.45) is 4.11. The van der Waals surface area contributed by atoms with Crippen LogP contribution in [0.1, 0.15) is 17.9 Å². The summed E-state index contributed by atoms with van der Waals surface area (Å²) in [5, 5.41) is 2.86. The third kappa shape index (κ3) is 6.89. The van der Waals surface area contributed by atoms with E-state index >= 15 is 0 Å². The van der Waals surface area contributed by atoms with Gasteiger partial charge in [-0.05, 0) is 42.8 Å². The topological polar surface area (TPSA) is 89.2 Å². The minimum absolute atomic E-state index is 0.0875. The summed E-state index contributed by atoms with van der Waals surface area (Å²) < 4.78 is 17.9. The first-order valence-corrected chi connectivity index (χ1v) is 11.1. The summed E-state index contributed by atoms with van der Waals surface area (Å²) in [7, 11) is 5.08. The van der Waals surface area contributed by atoms with Crippen LogP contribution in [0.4, 0.5) is 10.5 Å². The summed E-state index contributed by atoms with van der Waals surface area (Å²) >= 11 is 0. The highest BCUT2D eigenvalue weighted by molar-refractivity contribution is 5.93. The zero-order valence-electron chi connectivity index (χ0n) is 19.9. The number of hydrogen-bond donors (Lipinski definition) is 1. The second-order valence-electron chi connectivity index (χ2n) is 7.84. The molecule has 1 N–H and O–H groups in total. The van der Waals surface area contributed by atoms with Crippen LogP contribution in [0.5, 0.6) is 5.75 Å². The number of benzene rings is 1. The average molecular weight is 469 g/mol. The number of urea groups is 1. The van der Waals surface area contributed by atoms with Gasteiger partial charge in [0.1, 0.15) is 18.1 Å². The number of nitrogens with zero attached hydrogens (tertiary/aromatic N) is 3. The van der Waals surface area contributed by atoms with Crippen molar-refractivity contribution in [2.24, 2.45) is 7.05 Å². The van der Waals surface area contributed by atoms with E-state index in [0.29, 0.717) is 49.9 Å². The first-order chi connectivity index (χ1) is 16.5. The van der Waals surface area contributed by atoms with Crippen molar-refractivity contribution < 1.29 is 23.5 Å². The highest BCUT2D eigenvalue weighted by Gasteiger charge is 2.23. The fourth-order valence-electron chi connectivity index (χ4n) is 3.54. The van der Waals surface area contributed by atoms with Crippen molar-refractivity contribution in [1.29, 1.82) is 0 Å². The fourth-order valence-corrected chi connectivity index (χ4v) is 3.54. The first kappa shape index (κ1) is 24.9. The Hall–Kier alpha value is -3.72. The Labute approximate surface area is 199 Å². The van der Waals surface area contributed by atoms with Crippen LogP contribution in [0.25, 0.3) is 0 Å². The van der Waals surface area contributed by atoms with E-state index in [1.165, 1.54) is 4.90 Å². The Morgan fingerprint density at radius 1 is 1.03 bits per heavy atom. The lowest BCUT2D eigenvalue weighted by Gasteiger charge is -2.28. The lowest BCUT2D eigenvalue weighted by molar-refractivity contribution is -0.133. The molecular weight excluding hydrogens is 436 g/mol. The van der Waals surface area contributed by atoms with Crippen molar-refractivity contribution >= 4 is 17.6 Å². The molecule has 9 heteroatoms.